The lowest BCUT2D eigenvalue weighted by Gasteiger charge is -2.18. The van der Waals surface area contributed by atoms with Crippen LogP contribution in [-0.2, 0) is 14.3 Å². The summed E-state index contributed by atoms with van der Waals surface area (Å²) in [6.07, 6.45) is 7.11. The Bertz CT molecular complexity index is 1180. The highest BCUT2D eigenvalue weighted by Crippen LogP contribution is 2.30. The zero-order valence-corrected chi connectivity index (χ0v) is 17.0. The molecule has 2 aromatic heterocycles. The molecule has 0 bridgehead atoms. The van der Waals surface area contributed by atoms with Crippen LogP contribution < -0.4 is 10.5 Å². The highest BCUT2D eigenvalue weighted by Gasteiger charge is 2.26. The zero-order valence-electron chi connectivity index (χ0n) is 17.0. The summed E-state index contributed by atoms with van der Waals surface area (Å²) in [5.41, 5.74) is 8.04. The maximum absolute atomic E-state index is 12.2. The van der Waals surface area contributed by atoms with Crippen LogP contribution in [0.1, 0.15) is 11.5 Å². The van der Waals surface area contributed by atoms with Gasteiger partial charge in [0.25, 0.3) is 0 Å². The second-order valence-corrected chi connectivity index (χ2v) is 6.39. The van der Waals surface area contributed by atoms with Crippen LogP contribution in [0.4, 0.5) is 5.82 Å². The van der Waals surface area contributed by atoms with Gasteiger partial charge in [0.2, 0.25) is 5.78 Å². The van der Waals surface area contributed by atoms with Gasteiger partial charge in [0, 0.05) is 17.6 Å². The van der Waals surface area contributed by atoms with Gasteiger partial charge in [0.05, 0.1) is 20.5 Å². The number of ketones is 2. The normalized spacial score (nSPS) is 14.1. The number of ether oxygens (including phenoxy) is 2. The Morgan fingerprint density at radius 3 is 2.39 bits per heavy atom. The van der Waals surface area contributed by atoms with Crippen molar-refractivity contribution in [2.24, 2.45) is 0 Å². The number of nitrogens with zero attached hydrogens (tertiary/aromatic N) is 3. The Hall–Kier alpha value is -4.27. The van der Waals surface area contributed by atoms with E-state index in [1.807, 2.05) is 12.1 Å². The quantitative estimate of drug-likeness (QED) is 0.476. The molecule has 0 saturated heterocycles. The van der Waals surface area contributed by atoms with Gasteiger partial charge in [-0.3, -0.25) is 9.59 Å². The van der Waals surface area contributed by atoms with Crippen molar-refractivity contribution in [3.8, 4) is 5.75 Å². The molecule has 1 aromatic carbocycles. The first kappa shape index (κ1) is 21.4. The molecule has 0 spiro atoms. The Balaban J connectivity index is 0.000000225. The molecule has 1 unspecified atom stereocenters. The van der Waals surface area contributed by atoms with Crippen molar-refractivity contribution in [1.82, 2.24) is 19.9 Å². The molecule has 1 atom stereocenters. The minimum absolute atomic E-state index is 0.0568. The monoisotopic (exact) mass is 419 g/mol. The number of nitrogens with two attached hydrogens (primary N) is 1. The fourth-order valence-electron chi connectivity index (χ4n) is 3.00. The van der Waals surface area contributed by atoms with Crippen molar-refractivity contribution in [3.05, 3.63) is 78.6 Å². The Labute approximate surface area is 178 Å². The molecule has 4 rings (SSSR count). The molecule has 3 aromatic rings. The number of carbonyl (C=O) groups is 2. The van der Waals surface area contributed by atoms with Gasteiger partial charge in [0.15, 0.2) is 23.0 Å². The SMILES string of the molecule is C=CC(C1=CC(=O)C(OC)=CC1=O)c1ccc(OC)cc1.Nc1ncnc2nc[nH]c12. The van der Waals surface area contributed by atoms with E-state index in [0.29, 0.717) is 22.6 Å². The number of nitrogen functional groups attached to an aromatic ring is 1. The van der Waals surface area contributed by atoms with Crippen molar-refractivity contribution in [3.63, 3.8) is 0 Å². The average molecular weight is 419 g/mol. The predicted octanol–water partition coefficient (Wildman–Crippen LogP) is 2.51. The molecule has 0 amide bonds. The second kappa shape index (κ2) is 9.49. The van der Waals surface area contributed by atoms with E-state index in [9.17, 15) is 9.59 Å². The number of H-pyrrole nitrogens is 1. The number of aromatic amines is 1. The van der Waals surface area contributed by atoms with Crippen LogP contribution in [0.5, 0.6) is 5.75 Å². The lowest BCUT2D eigenvalue weighted by molar-refractivity contribution is -0.117. The van der Waals surface area contributed by atoms with Crippen LogP contribution in [0.15, 0.2) is 73.1 Å². The Morgan fingerprint density at radius 1 is 1.03 bits per heavy atom. The van der Waals surface area contributed by atoms with Gasteiger partial charge in [-0.2, -0.15) is 0 Å². The lowest BCUT2D eigenvalue weighted by atomic mass is 9.85. The fraction of sp³-hybridized carbons (Fsp3) is 0.136. The van der Waals surface area contributed by atoms with Crippen LogP contribution in [0, 0.1) is 0 Å². The number of hydrogen-bond acceptors (Lipinski definition) is 8. The molecule has 0 fully saturated rings. The largest absolute Gasteiger partial charge is 0.497 e. The number of hydrogen-bond donors (Lipinski definition) is 2. The van der Waals surface area contributed by atoms with Gasteiger partial charge in [0.1, 0.15) is 17.6 Å². The topological polar surface area (TPSA) is 133 Å². The van der Waals surface area contributed by atoms with Crippen LogP contribution in [0.3, 0.4) is 0 Å². The third-order valence-electron chi connectivity index (χ3n) is 4.59. The molecule has 0 saturated carbocycles. The molecule has 0 aliphatic heterocycles. The molecule has 9 nitrogen and oxygen atoms in total. The minimum atomic E-state index is -0.345. The smallest absolute Gasteiger partial charge is 0.220 e. The van der Waals surface area contributed by atoms with Crippen LogP contribution in [0.2, 0.25) is 0 Å². The van der Waals surface area contributed by atoms with Crippen LogP contribution in [-0.4, -0.2) is 45.7 Å². The van der Waals surface area contributed by atoms with E-state index < -0.39 is 0 Å². The van der Waals surface area contributed by atoms with E-state index in [1.165, 1.54) is 31.9 Å². The zero-order chi connectivity index (χ0) is 22.4. The molecule has 31 heavy (non-hydrogen) atoms. The summed E-state index contributed by atoms with van der Waals surface area (Å²) in [4.78, 5) is 38.4. The van der Waals surface area contributed by atoms with E-state index in [4.69, 9.17) is 15.2 Å². The minimum Gasteiger partial charge on any atom is -0.497 e. The third-order valence-corrected chi connectivity index (χ3v) is 4.59. The number of nitrogens with one attached hydrogen (secondary N) is 1. The Kier molecular flexibility index (Phi) is 6.56. The lowest BCUT2D eigenvalue weighted by Crippen LogP contribution is -2.18. The van der Waals surface area contributed by atoms with Crippen molar-refractivity contribution in [1.29, 1.82) is 0 Å². The van der Waals surface area contributed by atoms with E-state index in [2.05, 4.69) is 26.5 Å². The first-order chi connectivity index (χ1) is 15.0. The third kappa shape index (κ3) is 4.67. The van der Waals surface area contributed by atoms with Gasteiger partial charge >= 0.3 is 0 Å². The Morgan fingerprint density at radius 2 is 1.77 bits per heavy atom. The second-order valence-electron chi connectivity index (χ2n) is 6.39. The van der Waals surface area contributed by atoms with Crippen molar-refractivity contribution in [2.45, 2.75) is 5.92 Å². The number of anilines is 1. The fourth-order valence-corrected chi connectivity index (χ4v) is 3.00. The number of rotatable bonds is 5. The summed E-state index contributed by atoms with van der Waals surface area (Å²) in [6, 6.07) is 7.30. The van der Waals surface area contributed by atoms with E-state index in [0.717, 1.165) is 11.3 Å². The van der Waals surface area contributed by atoms with E-state index >= 15 is 0 Å². The molecule has 3 N–H and O–H groups in total. The van der Waals surface area contributed by atoms with Gasteiger partial charge in [-0.15, -0.1) is 6.58 Å². The molecule has 1 aliphatic rings. The molecule has 1 aliphatic carbocycles. The van der Waals surface area contributed by atoms with Crippen molar-refractivity contribution < 1.29 is 19.1 Å². The molecular weight excluding hydrogens is 398 g/mol. The number of fused-ring (bicyclic) bond motifs is 1. The molecule has 0 radical (unpaired) electrons. The molecule has 9 heteroatoms. The first-order valence-electron chi connectivity index (χ1n) is 9.20. The van der Waals surface area contributed by atoms with Gasteiger partial charge in [-0.1, -0.05) is 18.2 Å². The van der Waals surface area contributed by atoms with Crippen molar-refractivity contribution in [2.75, 3.05) is 20.0 Å². The predicted molar refractivity (Wildman–Crippen MR) is 115 cm³/mol. The number of imidazole rings is 1. The summed E-state index contributed by atoms with van der Waals surface area (Å²) in [6.45, 7) is 3.77. The van der Waals surface area contributed by atoms with E-state index in [1.54, 1.807) is 25.3 Å². The maximum Gasteiger partial charge on any atom is 0.220 e. The number of aromatic nitrogens is 4. The maximum atomic E-state index is 12.2. The van der Waals surface area contributed by atoms with E-state index in [-0.39, 0.29) is 23.2 Å². The first-order valence-corrected chi connectivity index (χ1v) is 9.20. The number of carbonyl (C=O) groups excluding carboxylic acids is 2. The van der Waals surface area contributed by atoms with Gasteiger partial charge in [-0.25, -0.2) is 15.0 Å². The summed E-state index contributed by atoms with van der Waals surface area (Å²) in [5, 5.41) is 0. The summed E-state index contributed by atoms with van der Waals surface area (Å²) in [7, 11) is 2.95. The standard InChI is InChI=1S/C17H16O4.C5H5N5/c1-4-13(11-5-7-12(20-2)8-6-11)14-9-16(19)17(21-3)10-15(14)18;6-4-3-5(9-1-7-3)10-2-8-4/h4-10,13H,1H2,2-3H3;1-2H,(H3,6,7,8,9,10). The van der Waals surface area contributed by atoms with Gasteiger partial charge < -0.3 is 20.2 Å². The number of methoxy groups -OCH3 is 2. The molecule has 2 heterocycles. The number of allylic oxidation sites excluding steroid dienone is 4. The highest BCUT2D eigenvalue weighted by molar-refractivity contribution is 6.19. The highest BCUT2D eigenvalue weighted by atomic mass is 16.5. The molecule has 158 valence electrons. The average Bonchev–Trinajstić information content (AvgIpc) is 3.27. The summed E-state index contributed by atoms with van der Waals surface area (Å²) < 4.78 is 9.98. The van der Waals surface area contributed by atoms with Crippen LogP contribution in [0.25, 0.3) is 11.2 Å². The van der Waals surface area contributed by atoms with Crippen molar-refractivity contribution >= 4 is 28.5 Å². The molecular formula is C22H21N5O4. The van der Waals surface area contributed by atoms with Gasteiger partial charge in [-0.05, 0) is 23.8 Å². The number of benzene rings is 1. The van der Waals surface area contributed by atoms with Crippen LogP contribution >= 0.6 is 0 Å². The summed E-state index contributed by atoms with van der Waals surface area (Å²) >= 11 is 0. The summed E-state index contributed by atoms with van der Waals surface area (Å²) in [5.74, 6) is 0.314.